The summed E-state index contributed by atoms with van der Waals surface area (Å²) in [5, 5.41) is 12.9. The molecule has 6 amide bonds. The van der Waals surface area contributed by atoms with Crippen molar-refractivity contribution >= 4 is 46.8 Å². The molecule has 14 nitrogen and oxygen atoms in total. The van der Waals surface area contributed by atoms with Gasteiger partial charge in [-0.15, -0.1) is 11.3 Å². The summed E-state index contributed by atoms with van der Waals surface area (Å²) in [6.07, 6.45) is 0.400. The first-order valence-electron chi connectivity index (χ1n) is 15.5. The Kier molecular flexibility index (Phi) is 13.8. The van der Waals surface area contributed by atoms with Crippen molar-refractivity contribution in [3.05, 3.63) is 52.0 Å². The van der Waals surface area contributed by atoms with Crippen molar-refractivity contribution in [1.82, 2.24) is 36.1 Å². The van der Waals surface area contributed by atoms with Gasteiger partial charge in [-0.05, 0) is 31.7 Å². The lowest BCUT2D eigenvalue weighted by atomic mass is 10.0. The Labute approximate surface area is 279 Å². The van der Waals surface area contributed by atoms with Crippen molar-refractivity contribution in [3.8, 4) is 0 Å². The van der Waals surface area contributed by atoms with Crippen LogP contribution in [-0.2, 0) is 35.1 Å². The molecule has 0 spiro atoms. The summed E-state index contributed by atoms with van der Waals surface area (Å²) >= 11 is 1.18. The minimum atomic E-state index is -1.01. The van der Waals surface area contributed by atoms with Crippen LogP contribution in [0.4, 0.5) is 0 Å². The van der Waals surface area contributed by atoms with Crippen LogP contribution >= 0.6 is 11.3 Å². The highest BCUT2D eigenvalue weighted by atomic mass is 32.1. The van der Waals surface area contributed by atoms with Crippen LogP contribution in [-0.4, -0.2) is 109 Å². The zero-order valence-corrected chi connectivity index (χ0v) is 28.5. The highest BCUT2D eigenvalue weighted by Gasteiger charge is 2.31. The number of aromatic nitrogens is 1. The van der Waals surface area contributed by atoms with Crippen molar-refractivity contribution in [2.45, 2.75) is 64.7 Å². The summed E-state index contributed by atoms with van der Waals surface area (Å²) in [5.74, 6) is -3.29. The number of ether oxygens (including phenoxy) is 1. The molecule has 0 saturated carbocycles. The lowest BCUT2D eigenvalue weighted by Crippen LogP contribution is -2.57. The summed E-state index contributed by atoms with van der Waals surface area (Å²) in [6, 6.07) is 5.88. The lowest BCUT2D eigenvalue weighted by molar-refractivity contribution is -0.139. The molecule has 1 aliphatic heterocycles. The van der Waals surface area contributed by atoms with Crippen LogP contribution in [0.5, 0.6) is 0 Å². The fourth-order valence-corrected chi connectivity index (χ4v) is 5.73. The van der Waals surface area contributed by atoms with Gasteiger partial charge in [-0.25, -0.2) is 4.98 Å². The predicted molar refractivity (Wildman–Crippen MR) is 175 cm³/mol. The van der Waals surface area contributed by atoms with E-state index in [-0.39, 0.29) is 50.2 Å². The van der Waals surface area contributed by atoms with Crippen LogP contribution in [0.25, 0.3) is 0 Å². The molecule has 2 bridgehead atoms. The Hall–Kier alpha value is -4.37. The summed E-state index contributed by atoms with van der Waals surface area (Å²) in [7, 11) is 3.01. The number of methoxy groups -OCH3 is 1. The maximum absolute atomic E-state index is 13.5. The number of hydrogen-bond acceptors (Lipinski definition) is 9. The van der Waals surface area contributed by atoms with E-state index in [0.29, 0.717) is 11.4 Å². The first-order valence-corrected chi connectivity index (χ1v) is 16.4. The molecule has 4 atom stereocenters. The molecule has 15 heteroatoms. The standard InChI is InChI=1S/C32H45N7O7S/c1-19(2)27-30(44)34-21(4)32(45)38(5)13-14-39(26(41)12-15-46-6)17-25(40)35-23(16-22-10-8-7-9-11-22)31-36-24(18-47-31)29(43)33-20(3)28(42)37-27/h7-11,18-21,23,27H,12-17H2,1-6H3,(H,33,43)(H,34,44)(H,35,40)(H,37,42)/t20-,21+,23-,27-/m0/s1. The molecule has 0 saturated heterocycles. The van der Waals surface area contributed by atoms with Gasteiger partial charge in [-0.2, -0.15) is 0 Å². The molecule has 3 rings (SSSR count). The van der Waals surface area contributed by atoms with E-state index in [2.05, 4.69) is 26.3 Å². The zero-order valence-electron chi connectivity index (χ0n) is 27.7. The number of rotatable bonds is 6. The van der Waals surface area contributed by atoms with E-state index >= 15 is 0 Å². The topological polar surface area (TPSA) is 179 Å². The van der Waals surface area contributed by atoms with Gasteiger partial charge in [0, 0.05) is 32.6 Å². The molecule has 1 aliphatic rings. The van der Waals surface area contributed by atoms with Crippen LogP contribution in [0, 0.1) is 5.92 Å². The Balaban J connectivity index is 1.96. The Bertz CT molecular complexity index is 1420. The third-order valence-electron chi connectivity index (χ3n) is 7.68. The number of benzene rings is 1. The first-order chi connectivity index (χ1) is 22.3. The normalized spacial score (nSPS) is 22.6. The molecule has 47 heavy (non-hydrogen) atoms. The van der Waals surface area contributed by atoms with Gasteiger partial charge in [0.05, 0.1) is 25.6 Å². The van der Waals surface area contributed by atoms with Gasteiger partial charge in [-0.3, -0.25) is 28.8 Å². The minimum absolute atomic E-state index is 0.0348. The number of fused-ring (bicyclic) bond motifs is 2. The smallest absolute Gasteiger partial charge is 0.271 e. The summed E-state index contributed by atoms with van der Waals surface area (Å²) in [4.78, 5) is 86.3. The number of thiazole rings is 1. The van der Waals surface area contributed by atoms with Crippen LogP contribution in [0.3, 0.4) is 0 Å². The maximum Gasteiger partial charge on any atom is 0.271 e. The van der Waals surface area contributed by atoms with Gasteiger partial charge in [-0.1, -0.05) is 44.2 Å². The number of nitrogens with zero attached hydrogens (tertiary/aromatic N) is 3. The van der Waals surface area contributed by atoms with Crippen molar-refractivity contribution in [2.75, 3.05) is 40.4 Å². The van der Waals surface area contributed by atoms with Crippen LogP contribution in [0.15, 0.2) is 35.7 Å². The Morgan fingerprint density at radius 1 is 0.979 bits per heavy atom. The maximum atomic E-state index is 13.5. The minimum Gasteiger partial charge on any atom is -0.384 e. The molecule has 0 aliphatic carbocycles. The molecular weight excluding hydrogens is 626 g/mol. The van der Waals surface area contributed by atoms with Gasteiger partial charge in [0.2, 0.25) is 29.5 Å². The number of hydrogen-bond donors (Lipinski definition) is 4. The van der Waals surface area contributed by atoms with E-state index in [1.165, 1.54) is 42.1 Å². The molecule has 1 aromatic heterocycles. The highest BCUT2D eigenvalue weighted by Crippen LogP contribution is 2.23. The quantitative estimate of drug-likeness (QED) is 0.346. The molecule has 2 heterocycles. The Morgan fingerprint density at radius 3 is 2.34 bits per heavy atom. The van der Waals surface area contributed by atoms with E-state index in [4.69, 9.17) is 4.74 Å². The second-order valence-corrected chi connectivity index (χ2v) is 12.7. The largest absolute Gasteiger partial charge is 0.384 e. The molecule has 0 radical (unpaired) electrons. The predicted octanol–water partition coefficient (Wildman–Crippen LogP) is 0.644. The SMILES string of the molecule is COCCC(=O)N1CCN(C)C(=O)[C@@H](C)NC(=O)[C@H](C(C)C)NC(=O)[C@H](C)NC(=O)c2csc(n2)[C@H](Cc2ccccc2)NC(=O)C1. The summed E-state index contributed by atoms with van der Waals surface area (Å²) < 4.78 is 5.06. The number of amides is 6. The van der Waals surface area contributed by atoms with Gasteiger partial charge in [0.25, 0.3) is 5.91 Å². The van der Waals surface area contributed by atoms with Gasteiger partial charge < -0.3 is 35.8 Å². The van der Waals surface area contributed by atoms with E-state index in [0.717, 1.165) is 5.56 Å². The third-order valence-corrected chi connectivity index (χ3v) is 8.63. The number of carbonyl (C=O) groups excluding carboxylic acids is 6. The average Bonchev–Trinajstić information content (AvgIpc) is 3.54. The third kappa shape index (κ3) is 10.8. The van der Waals surface area contributed by atoms with Gasteiger partial charge in [0.15, 0.2) is 0 Å². The van der Waals surface area contributed by atoms with Gasteiger partial charge >= 0.3 is 0 Å². The zero-order chi connectivity index (χ0) is 34.7. The lowest BCUT2D eigenvalue weighted by Gasteiger charge is -2.29. The average molecular weight is 672 g/mol. The number of likely N-dealkylation sites (N-methyl/N-ethyl adjacent to an activating group) is 1. The van der Waals surface area contributed by atoms with Crippen molar-refractivity contribution < 1.29 is 33.5 Å². The molecule has 0 fully saturated rings. The second kappa shape index (κ2) is 17.5. The molecular formula is C32H45N7O7S. The molecule has 2 aromatic rings. The first kappa shape index (κ1) is 37.1. The van der Waals surface area contributed by atoms with Crippen LogP contribution in [0.2, 0.25) is 0 Å². The highest BCUT2D eigenvalue weighted by molar-refractivity contribution is 7.09. The second-order valence-electron chi connectivity index (χ2n) is 11.9. The fraction of sp³-hybridized carbons (Fsp3) is 0.531. The molecule has 0 unspecified atom stereocenters. The van der Waals surface area contributed by atoms with Crippen molar-refractivity contribution in [3.63, 3.8) is 0 Å². The molecule has 1 aromatic carbocycles. The van der Waals surface area contributed by atoms with Crippen molar-refractivity contribution in [1.29, 1.82) is 0 Å². The fourth-order valence-electron chi connectivity index (χ4n) is 4.88. The molecule has 256 valence electrons. The molecule has 4 N–H and O–H groups in total. The van der Waals surface area contributed by atoms with Crippen LogP contribution in [0.1, 0.15) is 61.2 Å². The Morgan fingerprint density at radius 2 is 1.68 bits per heavy atom. The van der Waals surface area contributed by atoms with E-state index in [9.17, 15) is 28.8 Å². The van der Waals surface area contributed by atoms with E-state index < -0.39 is 53.7 Å². The van der Waals surface area contributed by atoms with E-state index in [1.807, 2.05) is 30.3 Å². The monoisotopic (exact) mass is 671 g/mol. The van der Waals surface area contributed by atoms with Crippen molar-refractivity contribution in [2.24, 2.45) is 5.92 Å². The number of nitrogens with one attached hydrogen (secondary N) is 4. The summed E-state index contributed by atoms with van der Waals surface area (Å²) in [6.45, 7) is 6.52. The van der Waals surface area contributed by atoms with Gasteiger partial charge in [0.1, 0.15) is 28.8 Å². The number of carbonyl (C=O) groups is 6. The van der Waals surface area contributed by atoms with Crippen LogP contribution < -0.4 is 21.3 Å². The summed E-state index contributed by atoms with van der Waals surface area (Å²) in [5.41, 5.74) is 0.979. The van der Waals surface area contributed by atoms with E-state index in [1.54, 1.807) is 26.3 Å².